The molecule has 0 atom stereocenters. The number of rotatable bonds is 1. The molecule has 0 amide bonds. The van der Waals surface area contributed by atoms with Gasteiger partial charge in [-0.3, -0.25) is 0 Å². The molecule has 0 saturated carbocycles. The van der Waals surface area contributed by atoms with E-state index in [2.05, 4.69) is 22.9 Å². The van der Waals surface area contributed by atoms with Crippen LogP contribution in [0.1, 0.15) is 5.56 Å². The van der Waals surface area contributed by atoms with Gasteiger partial charge in [-0.2, -0.15) is 0 Å². The molecule has 0 aliphatic heterocycles. The lowest BCUT2D eigenvalue weighted by molar-refractivity contribution is 1.66. The molecule has 0 saturated heterocycles. The van der Waals surface area contributed by atoms with E-state index in [1.54, 1.807) is 0 Å². The topological polar surface area (TPSA) is 0 Å². The molecule has 0 nitrogen and oxygen atoms in total. The summed E-state index contributed by atoms with van der Waals surface area (Å²) in [6.07, 6.45) is 1.97. The van der Waals surface area contributed by atoms with Crippen molar-refractivity contribution in [1.29, 1.82) is 0 Å². The van der Waals surface area contributed by atoms with Crippen molar-refractivity contribution in [2.45, 2.75) is 0 Å². The molecule has 0 fully saturated rings. The van der Waals surface area contributed by atoms with Crippen LogP contribution < -0.4 is 0 Å². The van der Waals surface area contributed by atoms with E-state index < -0.39 is 0 Å². The van der Waals surface area contributed by atoms with Gasteiger partial charge in [0.05, 0.1) is 0 Å². The fourth-order valence-corrected chi connectivity index (χ4v) is 0.994. The minimum absolute atomic E-state index is 0.902. The van der Waals surface area contributed by atoms with E-state index in [4.69, 9.17) is 0 Å². The molecule has 1 aromatic carbocycles. The van der Waals surface area contributed by atoms with Crippen LogP contribution in [0.3, 0.4) is 0 Å². The van der Waals surface area contributed by atoms with E-state index in [1.165, 1.54) is 5.56 Å². The van der Waals surface area contributed by atoms with Crippen LogP contribution in [-0.4, -0.2) is 0 Å². The molecule has 51 valence electrons. The van der Waals surface area contributed by atoms with E-state index in [1.807, 2.05) is 36.4 Å². The van der Waals surface area contributed by atoms with Gasteiger partial charge in [-0.25, -0.2) is 0 Å². The first-order chi connectivity index (χ1) is 4.79. The minimum Gasteiger partial charge on any atom is -0.0622 e. The van der Waals surface area contributed by atoms with E-state index in [-0.39, 0.29) is 0 Å². The van der Waals surface area contributed by atoms with E-state index >= 15 is 0 Å². The smallest absolute Gasteiger partial charge is 0.00399 e. The van der Waals surface area contributed by atoms with Crippen LogP contribution in [-0.2, 0) is 0 Å². The molecule has 1 radical (unpaired) electrons. The summed E-state index contributed by atoms with van der Waals surface area (Å²) < 4.78 is 0.902. The van der Waals surface area contributed by atoms with Crippen molar-refractivity contribution < 1.29 is 0 Å². The third kappa shape index (κ3) is 2.36. The third-order valence-electron chi connectivity index (χ3n) is 1.12. The fraction of sp³-hybridized carbons (Fsp3) is 0. The first kappa shape index (κ1) is 7.55. The molecule has 0 aliphatic carbocycles. The van der Waals surface area contributed by atoms with Crippen LogP contribution in [0.2, 0.25) is 0 Å². The molecule has 1 rings (SSSR count). The zero-order chi connectivity index (χ0) is 7.40. The van der Waals surface area contributed by atoms with Gasteiger partial charge < -0.3 is 0 Å². The maximum absolute atomic E-state index is 3.71. The van der Waals surface area contributed by atoms with Crippen LogP contribution in [0.15, 0.2) is 34.8 Å². The Morgan fingerprint density at radius 3 is 2.40 bits per heavy atom. The molecule has 0 heterocycles. The summed E-state index contributed by atoms with van der Waals surface area (Å²) in [7, 11) is 0. The van der Waals surface area contributed by atoms with Gasteiger partial charge in [0.15, 0.2) is 0 Å². The lowest BCUT2D eigenvalue weighted by Gasteiger charge is -1.90. The average molecular weight is 196 g/mol. The van der Waals surface area contributed by atoms with Gasteiger partial charge in [0.1, 0.15) is 0 Å². The van der Waals surface area contributed by atoms with Gasteiger partial charge in [0.25, 0.3) is 0 Å². The van der Waals surface area contributed by atoms with Crippen LogP contribution in [0.25, 0.3) is 6.08 Å². The number of hydrogen-bond donors (Lipinski definition) is 0. The molecule has 0 N–H and O–H groups in total. The van der Waals surface area contributed by atoms with Crippen molar-refractivity contribution in [3.63, 3.8) is 0 Å². The SMILES string of the molecule is [CH2]/C(Br)=C/c1ccccc1. The Hall–Kier alpha value is -0.560. The van der Waals surface area contributed by atoms with Gasteiger partial charge in [-0.15, -0.1) is 0 Å². The normalized spacial score (nSPS) is 11.6. The summed E-state index contributed by atoms with van der Waals surface area (Å²) in [5.41, 5.74) is 1.17. The molecule has 1 aromatic rings. The Balaban J connectivity index is 2.87. The third-order valence-corrected chi connectivity index (χ3v) is 1.35. The number of halogens is 1. The summed E-state index contributed by atoms with van der Waals surface area (Å²) in [5, 5.41) is 0. The van der Waals surface area contributed by atoms with Gasteiger partial charge in [0.2, 0.25) is 0 Å². The van der Waals surface area contributed by atoms with Gasteiger partial charge in [-0.1, -0.05) is 46.3 Å². The van der Waals surface area contributed by atoms with Crippen molar-refractivity contribution in [1.82, 2.24) is 0 Å². The molecule has 0 unspecified atom stereocenters. The highest BCUT2D eigenvalue weighted by molar-refractivity contribution is 9.11. The van der Waals surface area contributed by atoms with Crippen molar-refractivity contribution in [2.75, 3.05) is 0 Å². The summed E-state index contributed by atoms with van der Waals surface area (Å²) in [6.45, 7) is 3.71. The second kappa shape index (κ2) is 3.57. The largest absolute Gasteiger partial charge is 0.0622 e. The Morgan fingerprint density at radius 2 is 1.90 bits per heavy atom. The second-order valence-electron chi connectivity index (χ2n) is 2.00. The number of benzene rings is 1. The molecule has 0 aliphatic rings. The van der Waals surface area contributed by atoms with Crippen molar-refractivity contribution in [3.8, 4) is 0 Å². The van der Waals surface area contributed by atoms with E-state index in [0.717, 1.165) is 4.48 Å². The van der Waals surface area contributed by atoms with Gasteiger partial charge >= 0.3 is 0 Å². The highest BCUT2D eigenvalue weighted by Crippen LogP contribution is 2.09. The second-order valence-corrected chi connectivity index (χ2v) is 3.02. The molecule has 0 spiro atoms. The predicted molar refractivity (Wildman–Crippen MR) is 48.7 cm³/mol. The summed E-state index contributed by atoms with van der Waals surface area (Å²) in [6, 6.07) is 10.1. The van der Waals surface area contributed by atoms with E-state index in [0.29, 0.717) is 0 Å². The molecule has 1 heteroatoms. The number of allylic oxidation sites excluding steroid dienone is 1. The highest BCUT2D eigenvalue weighted by atomic mass is 79.9. The maximum Gasteiger partial charge on any atom is -0.00399 e. The first-order valence-electron chi connectivity index (χ1n) is 3.03. The molecular formula is C9H8Br. The molecular weight excluding hydrogens is 188 g/mol. The van der Waals surface area contributed by atoms with Crippen molar-refractivity contribution >= 4 is 22.0 Å². The Bertz CT molecular complexity index is 220. The van der Waals surface area contributed by atoms with Crippen LogP contribution in [0, 0.1) is 6.92 Å². The Morgan fingerprint density at radius 1 is 1.30 bits per heavy atom. The molecule has 10 heavy (non-hydrogen) atoms. The quantitative estimate of drug-likeness (QED) is 0.646. The van der Waals surface area contributed by atoms with Crippen LogP contribution >= 0.6 is 15.9 Å². The predicted octanol–water partition coefficient (Wildman–Crippen LogP) is 3.26. The zero-order valence-corrected chi connectivity index (χ0v) is 7.14. The molecule has 0 bridgehead atoms. The summed E-state index contributed by atoms with van der Waals surface area (Å²) in [4.78, 5) is 0. The standard InChI is InChI=1S/C9H8Br/c1-8(10)7-9-5-3-2-4-6-9/h2-7H,1H2/b8-7-. The summed E-state index contributed by atoms with van der Waals surface area (Å²) >= 11 is 3.26. The summed E-state index contributed by atoms with van der Waals surface area (Å²) in [5.74, 6) is 0. The lowest BCUT2D eigenvalue weighted by atomic mass is 10.2. The number of hydrogen-bond acceptors (Lipinski definition) is 0. The highest BCUT2D eigenvalue weighted by Gasteiger charge is 1.83. The van der Waals surface area contributed by atoms with Crippen LogP contribution in [0.5, 0.6) is 0 Å². The maximum atomic E-state index is 3.71. The van der Waals surface area contributed by atoms with Gasteiger partial charge in [-0.05, 0) is 23.0 Å². The average Bonchev–Trinajstić information content (AvgIpc) is 1.88. The fourth-order valence-electron chi connectivity index (χ4n) is 0.730. The minimum atomic E-state index is 0.902. The Labute approximate surface area is 69.7 Å². The monoisotopic (exact) mass is 195 g/mol. The molecule has 0 aromatic heterocycles. The zero-order valence-electron chi connectivity index (χ0n) is 5.55. The Kier molecular flexibility index (Phi) is 2.69. The van der Waals surface area contributed by atoms with Crippen molar-refractivity contribution in [3.05, 3.63) is 47.3 Å². The lowest BCUT2D eigenvalue weighted by Crippen LogP contribution is -1.68. The van der Waals surface area contributed by atoms with Crippen LogP contribution in [0.4, 0.5) is 0 Å². The van der Waals surface area contributed by atoms with Gasteiger partial charge in [0, 0.05) is 0 Å². The first-order valence-corrected chi connectivity index (χ1v) is 3.82. The van der Waals surface area contributed by atoms with E-state index in [9.17, 15) is 0 Å². The van der Waals surface area contributed by atoms with Crippen molar-refractivity contribution in [2.24, 2.45) is 0 Å².